The summed E-state index contributed by atoms with van der Waals surface area (Å²) in [6, 6.07) is 7.32. The summed E-state index contributed by atoms with van der Waals surface area (Å²) >= 11 is 0. The van der Waals surface area contributed by atoms with Crippen LogP contribution in [0.2, 0.25) is 0 Å². The SMILES string of the molecule is O=C(O)c1c[nH]c2ccccc12.[Zn]. The molecule has 0 spiro atoms. The maximum Gasteiger partial charge on any atom is 0.337 e. The molecule has 0 bridgehead atoms. The van der Waals surface area contributed by atoms with Crippen LogP contribution in [0.5, 0.6) is 0 Å². The molecule has 2 N–H and O–H groups in total. The summed E-state index contributed by atoms with van der Waals surface area (Å²) in [7, 11) is 0. The first-order valence-corrected chi connectivity index (χ1v) is 3.58. The molecule has 62 valence electrons. The Labute approximate surface area is 87.5 Å². The van der Waals surface area contributed by atoms with E-state index in [1.54, 1.807) is 6.07 Å². The quantitative estimate of drug-likeness (QED) is 0.730. The number of carboxylic acid groups (broad SMARTS) is 1. The summed E-state index contributed by atoms with van der Waals surface area (Å²) in [5.41, 5.74) is 1.18. The predicted molar refractivity (Wildman–Crippen MR) is 45.3 cm³/mol. The zero-order valence-corrected chi connectivity index (χ0v) is 9.92. The molecular weight excluding hydrogens is 219 g/mol. The second kappa shape index (κ2) is 3.71. The third kappa shape index (κ3) is 1.63. The van der Waals surface area contributed by atoms with Gasteiger partial charge >= 0.3 is 5.97 Å². The molecule has 1 aromatic carbocycles. The molecular formula is C9H7NO2Zn. The minimum Gasteiger partial charge on any atom is -0.478 e. The van der Waals surface area contributed by atoms with Crippen LogP contribution in [-0.4, -0.2) is 16.1 Å². The van der Waals surface area contributed by atoms with Crippen LogP contribution in [-0.2, 0) is 19.5 Å². The van der Waals surface area contributed by atoms with E-state index in [9.17, 15) is 4.79 Å². The molecule has 0 aliphatic heterocycles. The Morgan fingerprint density at radius 1 is 1.31 bits per heavy atom. The molecule has 2 aromatic rings. The zero-order valence-electron chi connectivity index (χ0n) is 6.95. The molecule has 0 unspecified atom stereocenters. The van der Waals surface area contributed by atoms with E-state index < -0.39 is 5.97 Å². The number of aromatic carboxylic acids is 1. The van der Waals surface area contributed by atoms with Gasteiger partial charge in [-0.3, -0.25) is 0 Å². The van der Waals surface area contributed by atoms with Crippen LogP contribution >= 0.6 is 0 Å². The van der Waals surface area contributed by atoms with Crippen molar-refractivity contribution in [3.8, 4) is 0 Å². The second-order valence-electron chi connectivity index (χ2n) is 2.55. The second-order valence-corrected chi connectivity index (χ2v) is 2.55. The number of benzene rings is 1. The number of para-hydroxylation sites is 1. The molecule has 0 radical (unpaired) electrons. The van der Waals surface area contributed by atoms with Crippen molar-refractivity contribution >= 4 is 16.9 Å². The molecule has 3 nitrogen and oxygen atoms in total. The van der Waals surface area contributed by atoms with E-state index in [1.165, 1.54) is 6.20 Å². The van der Waals surface area contributed by atoms with E-state index in [0.29, 0.717) is 5.56 Å². The van der Waals surface area contributed by atoms with Gasteiger partial charge in [0.2, 0.25) is 0 Å². The monoisotopic (exact) mass is 225 g/mol. The van der Waals surface area contributed by atoms with Gasteiger partial charge in [0.25, 0.3) is 0 Å². The first-order valence-electron chi connectivity index (χ1n) is 3.58. The van der Waals surface area contributed by atoms with E-state index >= 15 is 0 Å². The molecule has 0 aliphatic carbocycles. The van der Waals surface area contributed by atoms with Crippen LogP contribution in [0.15, 0.2) is 30.5 Å². The van der Waals surface area contributed by atoms with Crippen molar-refractivity contribution in [1.82, 2.24) is 4.98 Å². The van der Waals surface area contributed by atoms with E-state index in [4.69, 9.17) is 5.11 Å². The van der Waals surface area contributed by atoms with E-state index in [0.717, 1.165) is 10.9 Å². The van der Waals surface area contributed by atoms with Crippen LogP contribution in [0.25, 0.3) is 10.9 Å². The van der Waals surface area contributed by atoms with Gasteiger partial charge in [-0.25, -0.2) is 4.79 Å². The third-order valence-corrected chi connectivity index (χ3v) is 1.82. The van der Waals surface area contributed by atoms with Gasteiger partial charge in [0, 0.05) is 36.6 Å². The van der Waals surface area contributed by atoms with Crippen LogP contribution in [0.4, 0.5) is 0 Å². The molecule has 4 heteroatoms. The Kier molecular flexibility index (Phi) is 2.84. The Bertz CT molecular complexity index is 436. The fraction of sp³-hybridized carbons (Fsp3) is 0. The summed E-state index contributed by atoms with van der Waals surface area (Å²) in [5, 5.41) is 9.51. The summed E-state index contributed by atoms with van der Waals surface area (Å²) in [4.78, 5) is 13.5. The van der Waals surface area contributed by atoms with Gasteiger partial charge in [0.15, 0.2) is 0 Å². The van der Waals surface area contributed by atoms with Crippen LogP contribution in [0.3, 0.4) is 0 Å². The van der Waals surface area contributed by atoms with Crippen molar-refractivity contribution in [3.63, 3.8) is 0 Å². The molecule has 0 amide bonds. The molecule has 0 atom stereocenters. The maximum absolute atomic E-state index is 10.7. The maximum atomic E-state index is 10.7. The number of aromatic amines is 1. The van der Waals surface area contributed by atoms with Crippen molar-refractivity contribution in [2.24, 2.45) is 0 Å². The normalized spacial score (nSPS) is 9.54. The van der Waals surface area contributed by atoms with Gasteiger partial charge in [-0.2, -0.15) is 0 Å². The van der Waals surface area contributed by atoms with Crippen LogP contribution in [0, 0.1) is 0 Å². The van der Waals surface area contributed by atoms with Gasteiger partial charge in [0.05, 0.1) is 5.56 Å². The van der Waals surface area contributed by atoms with Gasteiger partial charge in [-0.05, 0) is 6.07 Å². The molecule has 0 fully saturated rings. The first kappa shape index (κ1) is 9.94. The van der Waals surface area contributed by atoms with Gasteiger partial charge in [0.1, 0.15) is 0 Å². The van der Waals surface area contributed by atoms with Crippen molar-refractivity contribution in [3.05, 3.63) is 36.0 Å². The average Bonchev–Trinajstić information content (AvgIpc) is 2.47. The average molecular weight is 227 g/mol. The largest absolute Gasteiger partial charge is 0.478 e. The molecule has 13 heavy (non-hydrogen) atoms. The van der Waals surface area contributed by atoms with E-state index in [2.05, 4.69) is 4.98 Å². The fourth-order valence-corrected chi connectivity index (χ4v) is 1.25. The number of hydrogen-bond donors (Lipinski definition) is 2. The van der Waals surface area contributed by atoms with Crippen molar-refractivity contribution in [2.75, 3.05) is 0 Å². The summed E-state index contributed by atoms with van der Waals surface area (Å²) < 4.78 is 0. The van der Waals surface area contributed by atoms with Crippen LogP contribution in [0.1, 0.15) is 10.4 Å². The topological polar surface area (TPSA) is 53.1 Å². The number of aromatic nitrogens is 1. The standard InChI is InChI=1S/C9H7NO2.Zn/c11-9(12)7-5-10-8-4-2-1-3-6(7)8;/h1-5,10H,(H,11,12);. The van der Waals surface area contributed by atoms with Crippen molar-refractivity contribution < 1.29 is 29.4 Å². The summed E-state index contributed by atoms with van der Waals surface area (Å²) in [6.07, 6.45) is 1.51. The Morgan fingerprint density at radius 2 is 2.00 bits per heavy atom. The zero-order chi connectivity index (χ0) is 8.55. The third-order valence-electron chi connectivity index (χ3n) is 1.82. The molecule has 2 rings (SSSR count). The Hall–Kier alpha value is -1.15. The molecule has 0 aliphatic rings. The van der Waals surface area contributed by atoms with Gasteiger partial charge < -0.3 is 10.1 Å². The fourth-order valence-electron chi connectivity index (χ4n) is 1.25. The minimum absolute atomic E-state index is 0. The number of hydrogen-bond acceptors (Lipinski definition) is 1. The number of nitrogens with one attached hydrogen (secondary N) is 1. The number of carboxylic acids is 1. The van der Waals surface area contributed by atoms with Crippen LogP contribution < -0.4 is 0 Å². The Morgan fingerprint density at radius 3 is 2.69 bits per heavy atom. The number of fused-ring (bicyclic) bond motifs is 1. The molecule has 1 heterocycles. The predicted octanol–water partition coefficient (Wildman–Crippen LogP) is 1.86. The minimum atomic E-state index is -0.896. The number of H-pyrrole nitrogens is 1. The van der Waals surface area contributed by atoms with Gasteiger partial charge in [-0.15, -0.1) is 0 Å². The van der Waals surface area contributed by atoms with Crippen molar-refractivity contribution in [1.29, 1.82) is 0 Å². The first-order chi connectivity index (χ1) is 5.79. The van der Waals surface area contributed by atoms with Gasteiger partial charge in [-0.1, -0.05) is 18.2 Å². The number of rotatable bonds is 1. The number of carbonyl (C=O) groups is 1. The smallest absolute Gasteiger partial charge is 0.337 e. The molecule has 0 saturated heterocycles. The summed E-state index contributed by atoms with van der Waals surface area (Å²) in [6.45, 7) is 0. The van der Waals surface area contributed by atoms with E-state index in [-0.39, 0.29) is 19.5 Å². The Balaban J connectivity index is 0.000000845. The molecule has 0 saturated carbocycles. The summed E-state index contributed by atoms with van der Waals surface area (Å²) in [5.74, 6) is -0.896. The van der Waals surface area contributed by atoms with E-state index in [1.807, 2.05) is 18.2 Å². The molecule has 1 aromatic heterocycles. The van der Waals surface area contributed by atoms with Crippen molar-refractivity contribution in [2.45, 2.75) is 0 Å².